The van der Waals surface area contributed by atoms with Gasteiger partial charge in [0.2, 0.25) is 0 Å². The van der Waals surface area contributed by atoms with E-state index in [0.29, 0.717) is 0 Å². The summed E-state index contributed by atoms with van der Waals surface area (Å²) in [4.78, 5) is 4.49. The lowest BCUT2D eigenvalue weighted by molar-refractivity contribution is 1.10. The Morgan fingerprint density at radius 2 is 1.95 bits per heavy atom. The molecule has 0 unspecified atom stereocenters. The summed E-state index contributed by atoms with van der Waals surface area (Å²) in [5, 5.41) is 0. The molecule has 0 spiro atoms. The second-order valence-electron chi connectivity index (χ2n) is 4.78. The van der Waals surface area contributed by atoms with E-state index in [9.17, 15) is 0 Å². The average molecular weight is 255 g/mol. The van der Waals surface area contributed by atoms with Crippen LogP contribution in [0.1, 0.15) is 50.3 Å². The van der Waals surface area contributed by atoms with E-state index in [-0.39, 0.29) is 0 Å². The van der Waals surface area contributed by atoms with Gasteiger partial charge in [0.05, 0.1) is 0 Å². The number of hydrogen-bond acceptors (Lipinski definition) is 1. The molecule has 1 nitrogen and oxygen atoms in total. The third-order valence-corrected chi connectivity index (χ3v) is 3.63. The molecule has 0 aliphatic rings. The van der Waals surface area contributed by atoms with Gasteiger partial charge in [-0.1, -0.05) is 50.3 Å². The van der Waals surface area contributed by atoms with E-state index in [2.05, 4.69) is 57.5 Å². The lowest BCUT2D eigenvalue weighted by Crippen LogP contribution is -2.07. The lowest BCUT2D eigenvalue weighted by Gasteiger charge is -2.18. The molecule has 19 heavy (non-hydrogen) atoms. The first-order valence-electron chi connectivity index (χ1n) is 6.98. The van der Waals surface area contributed by atoms with Gasteiger partial charge in [0.25, 0.3) is 0 Å². The van der Waals surface area contributed by atoms with Gasteiger partial charge in [0, 0.05) is 18.3 Å². The summed E-state index contributed by atoms with van der Waals surface area (Å²) in [6, 6.07) is 6.37. The highest BCUT2D eigenvalue weighted by Gasteiger charge is 2.15. The van der Waals surface area contributed by atoms with Crippen molar-refractivity contribution in [2.45, 2.75) is 40.5 Å². The summed E-state index contributed by atoms with van der Waals surface area (Å²) < 4.78 is 0. The van der Waals surface area contributed by atoms with Gasteiger partial charge in [-0.3, -0.25) is 4.99 Å². The molecular weight excluding hydrogens is 230 g/mol. The number of benzene rings is 1. The van der Waals surface area contributed by atoms with Gasteiger partial charge in [-0.2, -0.15) is 0 Å². The minimum Gasteiger partial charge on any atom is -0.292 e. The van der Waals surface area contributed by atoms with Crippen molar-refractivity contribution in [1.29, 1.82) is 0 Å². The van der Waals surface area contributed by atoms with Gasteiger partial charge in [-0.25, -0.2) is 0 Å². The summed E-state index contributed by atoms with van der Waals surface area (Å²) in [5.41, 5.74) is 7.64. The molecule has 0 heterocycles. The van der Waals surface area contributed by atoms with E-state index in [1.165, 1.54) is 33.5 Å². The number of hydrogen-bond donors (Lipinski definition) is 0. The third kappa shape index (κ3) is 3.23. The van der Waals surface area contributed by atoms with Crippen LogP contribution in [0.15, 0.2) is 35.3 Å². The monoisotopic (exact) mass is 255 g/mol. The van der Waals surface area contributed by atoms with Crippen LogP contribution < -0.4 is 0 Å². The molecule has 0 atom stereocenters. The van der Waals surface area contributed by atoms with Crippen LogP contribution >= 0.6 is 0 Å². The van der Waals surface area contributed by atoms with Gasteiger partial charge in [-0.15, -0.1) is 0 Å². The van der Waals surface area contributed by atoms with Gasteiger partial charge < -0.3 is 0 Å². The molecule has 0 fully saturated rings. The zero-order valence-corrected chi connectivity index (χ0v) is 12.9. The van der Waals surface area contributed by atoms with Crippen molar-refractivity contribution in [3.8, 4) is 0 Å². The van der Waals surface area contributed by atoms with Crippen LogP contribution in [0.4, 0.5) is 0 Å². The maximum absolute atomic E-state index is 4.49. The molecule has 0 aromatic heterocycles. The Labute approximate surface area is 117 Å². The molecule has 0 saturated heterocycles. The predicted octanol–water partition coefficient (Wildman–Crippen LogP) is 5.30. The lowest BCUT2D eigenvalue weighted by atomic mass is 9.87. The fourth-order valence-electron chi connectivity index (χ4n) is 2.43. The molecule has 0 N–H and O–H groups in total. The Hall–Kier alpha value is -1.63. The zero-order valence-electron chi connectivity index (χ0n) is 12.9. The standard InChI is InChI=1S/C18H25N/c1-7-13(4)18(16(9-3)19-6)17-14(5)11-10-12-15(17)8-2/h8,10-12H,2,7,9H2,1,3-6H3/b18-13+,19-16-. The third-order valence-electron chi connectivity index (χ3n) is 3.63. The van der Waals surface area contributed by atoms with E-state index in [4.69, 9.17) is 0 Å². The summed E-state index contributed by atoms with van der Waals surface area (Å²) >= 11 is 0. The van der Waals surface area contributed by atoms with Crippen LogP contribution in [0.25, 0.3) is 11.6 Å². The smallest absolute Gasteiger partial charge is 0.0420 e. The average Bonchev–Trinajstić information content (AvgIpc) is 2.44. The Bertz CT molecular complexity index is 518. The molecule has 0 amide bonds. The first-order valence-corrected chi connectivity index (χ1v) is 6.98. The Morgan fingerprint density at radius 3 is 2.42 bits per heavy atom. The molecule has 0 saturated carbocycles. The van der Waals surface area contributed by atoms with Gasteiger partial charge in [0.1, 0.15) is 0 Å². The fourth-order valence-corrected chi connectivity index (χ4v) is 2.43. The SMILES string of the molecule is C=Cc1cccc(C)c1C(/C(CC)=N\C)=C(\C)CC. The second kappa shape index (κ2) is 7.08. The maximum atomic E-state index is 4.49. The van der Waals surface area contributed by atoms with Crippen molar-refractivity contribution >= 4 is 17.4 Å². The van der Waals surface area contributed by atoms with Crippen molar-refractivity contribution in [3.63, 3.8) is 0 Å². The van der Waals surface area contributed by atoms with Crippen LogP contribution in [0.5, 0.6) is 0 Å². The Morgan fingerprint density at radius 1 is 1.26 bits per heavy atom. The molecule has 1 aromatic rings. The molecule has 1 rings (SSSR count). The number of nitrogens with zero attached hydrogens (tertiary/aromatic N) is 1. The van der Waals surface area contributed by atoms with E-state index >= 15 is 0 Å². The molecule has 1 heteroatoms. The normalized spacial score (nSPS) is 13.2. The number of rotatable bonds is 5. The molecule has 0 bridgehead atoms. The van der Waals surface area contributed by atoms with Crippen molar-refractivity contribution in [2.24, 2.45) is 4.99 Å². The molecule has 1 aromatic carbocycles. The Balaban J connectivity index is 3.65. The Kier molecular flexibility index (Phi) is 5.75. The fraction of sp³-hybridized carbons (Fsp3) is 0.389. The molecule has 102 valence electrons. The highest BCUT2D eigenvalue weighted by atomic mass is 14.7. The highest BCUT2D eigenvalue weighted by Crippen LogP contribution is 2.30. The zero-order chi connectivity index (χ0) is 14.4. The topological polar surface area (TPSA) is 12.4 Å². The number of aryl methyl sites for hydroxylation is 1. The summed E-state index contributed by atoms with van der Waals surface area (Å²) in [7, 11) is 1.88. The van der Waals surface area contributed by atoms with E-state index in [1.807, 2.05) is 13.1 Å². The largest absolute Gasteiger partial charge is 0.292 e. The van der Waals surface area contributed by atoms with Crippen LogP contribution in [0.3, 0.4) is 0 Å². The van der Waals surface area contributed by atoms with Gasteiger partial charge >= 0.3 is 0 Å². The first kappa shape index (κ1) is 15.4. The first-order chi connectivity index (χ1) is 9.10. The molecule has 0 radical (unpaired) electrons. The van der Waals surface area contributed by atoms with Crippen molar-refractivity contribution < 1.29 is 0 Å². The van der Waals surface area contributed by atoms with Crippen LogP contribution in [-0.4, -0.2) is 12.8 Å². The minimum atomic E-state index is 0.952. The van der Waals surface area contributed by atoms with E-state index < -0.39 is 0 Å². The summed E-state index contributed by atoms with van der Waals surface area (Å²) in [6.45, 7) is 12.7. The second-order valence-corrected chi connectivity index (χ2v) is 4.78. The van der Waals surface area contributed by atoms with Gasteiger partial charge in [0.15, 0.2) is 0 Å². The van der Waals surface area contributed by atoms with Crippen LogP contribution in [0.2, 0.25) is 0 Å². The molecule has 0 aliphatic heterocycles. The predicted molar refractivity (Wildman–Crippen MR) is 87.8 cm³/mol. The van der Waals surface area contributed by atoms with Crippen molar-refractivity contribution in [3.05, 3.63) is 47.0 Å². The quantitative estimate of drug-likeness (QED) is 0.633. The van der Waals surface area contributed by atoms with Crippen LogP contribution in [-0.2, 0) is 0 Å². The number of aliphatic imine (C=N–C) groups is 1. The summed E-state index contributed by atoms with van der Waals surface area (Å²) in [6.07, 6.45) is 3.93. The minimum absolute atomic E-state index is 0.952. The molecule has 0 aliphatic carbocycles. The maximum Gasteiger partial charge on any atom is 0.0420 e. The number of allylic oxidation sites excluding steroid dienone is 2. The van der Waals surface area contributed by atoms with Gasteiger partial charge in [-0.05, 0) is 43.4 Å². The summed E-state index contributed by atoms with van der Waals surface area (Å²) in [5.74, 6) is 0. The van der Waals surface area contributed by atoms with E-state index in [1.54, 1.807) is 0 Å². The van der Waals surface area contributed by atoms with E-state index in [0.717, 1.165) is 12.8 Å². The molecular formula is C18H25N. The van der Waals surface area contributed by atoms with Crippen molar-refractivity contribution in [1.82, 2.24) is 0 Å². The van der Waals surface area contributed by atoms with Crippen molar-refractivity contribution in [2.75, 3.05) is 7.05 Å². The highest BCUT2D eigenvalue weighted by molar-refractivity contribution is 6.25. The van der Waals surface area contributed by atoms with Crippen LogP contribution in [0, 0.1) is 6.92 Å².